The first-order valence-corrected chi connectivity index (χ1v) is 11.5. The van der Waals surface area contributed by atoms with Crippen LogP contribution in [0.3, 0.4) is 0 Å². The third kappa shape index (κ3) is 46.7. The Kier molecular flexibility index (Phi) is 25.1. The quantitative estimate of drug-likeness (QED) is 0.289. The molecular formula is C14H33Cl2N5NiO8. The van der Waals surface area contributed by atoms with E-state index < -0.39 is 20.5 Å². The second-order valence-electron chi connectivity index (χ2n) is 6.36. The van der Waals surface area contributed by atoms with Crippen molar-refractivity contribution < 1.29 is 74.2 Å². The van der Waals surface area contributed by atoms with E-state index in [1.54, 1.807) is 0 Å². The molecule has 1 heterocycles. The van der Waals surface area contributed by atoms with Gasteiger partial charge in [-0.3, -0.25) is 0 Å². The predicted molar refractivity (Wildman–Crippen MR) is 82.8 cm³/mol. The molecule has 3 N–H and O–H groups in total. The van der Waals surface area contributed by atoms with E-state index in [9.17, 15) is 0 Å². The molecule has 0 saturated carbocycles. The van der Waals surface area contributed by atoms with Crippen molar-refractivity contribution in [1.82, 2.24) is 25.8 Å². The van der Waals surface area contributed by atoms with E-state index in [1.807, 2.05) is 0 Å². The second-order valence-corrected chi connectivity index (χ2v) is 7.87. The Bertz CT molecular complexity index is 330. The second kappa shape index (κ2) is 21.4. The molecule has 1 saturated heterocycles. The maximum absolute atomic E-state index is 8.49. The molecule has 16 heteroatoms. The first-order valence-electron chi connectivity index (χ1n) is 9.02. The number of likely N-dealkylation sites (N-methyl/N-ethyl adjacent to an activating group) is 1. The maximum atomic E-state index is 8.49. The van der Waals surface area contributed by atoms with Crippen LogP contribution in [0.4, 0.5) is 0 Å². The molecule has 1 aliphatic heterocycles. The van der Waals surface area contributed by atoms with Gasteiger partial charge in [0.1, 0.15) is 0 Å². The molecule has 30 heavy (non-hydrogen) atoms. The molecule has 186 valence electrons. The van der Waals surface area contributed by atoms with E-state index in [1.165, 1.54) is 32.5 Å². The molecule has 0 radical (unpaired) electrons. The molecule has 0 bridgehead atoms. The fourth-order valence-electron chi connectivity index (χ4n) is 2.23. The van der Waals surface area contributed by atoms with Gasteiger partial charge < -0.3 is 25.8 Å². The van der Waals surface area contributed by atoms with Crippen LogP contribution in [0.2, 0.25) is 0 Å². The summed E-state index contributed by atoms with van der Waals surface area (Å²) in [5.74, 6) is 0. The fourth-order valence-corrected chi connectivity index (χ4v) is 2.23. The van der Waals surface area contributed by atoms with Gasteiger partial charge in [0, 0.05) is 39.3 Å². The third-order valence-corrected chi connectivity index (χ3v) is 3.48. The van der Waals surface area contributed by atoms with Crippen molar-refractivity contribution >= 4 is 0 Å². The molecule has 0 spiro atoms. The van der Waals surface area contributed by atoms with Crippen LogP contribution in [-0.2, 0) is 16.5 Å². The van der Waals surface area contributed by atoms with Gasteiger partial charge in [-0.25, -0.2) is 37.3 Å². The Hall–Kier alpha value is 0.554. The van der Waals surface area contributed by atoms with Gasteiger partial charge in [-0.05, 0) is 53.1 Å². The molecule has 0 amide bonds. The first-order chi connectivity index (χ1) is 13.3. The van der Waals surface area contributed by atoms with Crippen LogP contribution in [0.15, 0.2) is 0 Å². The van der Waals surface area contributed by atoms with Crippen molar-refractivity contribution in [2.75, 3.05) is 79.5 Å². The minimum atomic E-state index is -4.94. The van der Waals surface area contributed by atoms with Crippen LogP contribution in [-0.4, -0.2) is 89.3 Å². The molecule has 0 aliphatic carbocycles. The Labute approximate surface area is 192 Å². The van der Waals surface area contributed by atoms with Gasteiger partial charge in [-0.15, -0.1) is 20.5 Å². The topological polar surface area (TPSA) is 227 Å². The predicted octanol–water partition coefficient (Wildman–Crippen LogP) is -10.1. The van der Waals surface area contributed by atoms with Crippen LogP contribution >= 0.6 is 0 Å². The SMILES string of the molecule is CN(C)CCN1CCCNCCNCCCNCC1.[Ni+2].[O-][Cl+3]([O-])([O-])[O-].[O-][Cl+3]([O-])([O-])[O-]. The van der Waals surface area contributed by atoms with Crippen LogP contribution in [0.5, 0.6) is 0 Å². The van der Waals surface area contributed by atoms with E-state index >= 15 is 0 Å². The Morgan fingerprint density at radius 3 is 1.50 bits per heavy atom. The van der Waals surface area contributed by atoms with Gasteiger partial charge >= 0.3 is 16.5 Å². The summed E-state index contributed by atoms with van der Waals surface area (Å²) < 4.78 is 67.9. The number of nitrogens with one attached hydrogen (secondary N) is 3. The van der Waals surface area contributed by atoms with Crippen molar-refractivity contribution in [3.8, 4) is 0 Å². The normalized spacial score (nSPS) is 18.1. The number of hydrogen-bond acceptors (Lipinski definition) is 13. The Balaban J connectivity index is -0.000000553. The zero-order valence-electron chi connectivity index (χ0n) is 17.2. The summed E-state index contributed by atoms with van der Waals surface area (Å²) >= 11 is 0. The average molecular weight is 529 g/mol. The van der Waals surface area contributed by atoms with Crippen LogP contribution in [0.25, 0.3) is 0 Å². The molecule has 0 aromatic carbocycles. The van der Waals surface area contributed by atoms with Gasteiger partial charge in [0.25, 0.3) is 0 Å². The van der Waals surface area contributed by atoms with Gasteiger partial charge in [0.15, 0.2) is 0 Å². The van der Waals surface area contributed by atoms with Crippen molar-refractivity contribution in [2.45, 2.75) is 12.8 Å². The van der Waals surface area contributed by atoms with E-state index in [-0.39, 0.29) is 16.5 Å². The summed E-state index contributed by atoms with van der Waals surface area (Å²) in [6.45, 7) is 11.4. The van der Waals surface area contributed by atoms with Crippen molar-refractivity contribution in [1.29, 1.82) is 0 Å². The van der Waals surface area contributed by atoms with Crippen molar-refractivity contribution in [3.05, 3.63) is 0 Å². The molecule has 0 aromatic heterocycles. The minimum absolute atomic E-state index is 0. The van der Waals surface area contributed by atoms with E-state index in [0.717, 1.165) is 45.8 Å². The van der Waals surface area contributed by atoms with E-state index in [4.69, 9.17) is 37.3 Å². The zero-order valence-corrected chi connectivity index (χ0v) is 19.7. The van der Waals surface area contributed by atoms with Gasteiger partial charge in [-0.1, -0.05) is 0 Å². The van der Waals surface area contributed by atoms with Crippen molar-refractivity contribution in [3.63, 3.8) is 0 Å². The molecule has 1 rings (SSSR count). The van der Waals surface area contributed by atoms with Crippen LogP contribution < -0.4 is 53.2 Å². The van der Waals surface area contributed by atoms with Gasteiger partial charge in [0.05, 0.1) is 0 Å². The monoisotopic (exact) mass is 527 g/mol. The summed E-state index contributed by atoms with van der Waals surface area (Å²) in [6, 6.07) is 0. The average Bonchev–Trinajstić information content (AvgIpc) is 2.52. The zero-order chi connectivity index (χ0) is 22.8. The molecule has 0 unspecified atom stereocenters. The summed E-state index contributed by atoms with van der Waals surface area (Å²) in [7, 11) is -5.59. The van der Waals surface area contributed by atoms with Crippen LogP contribution in [0.1, 0.15) is 12.8 Å². The smallest absolute Gasteiger partial charge is 0.315 e. The molecule has 1 aliphatic rings. The minimum Gasteiger partial charge on any atom is -0.315 e. The van der Waals surface area contributed by atoms with Gasteiger partial charge in [-0.2, -0.15) is 0 Å². The molecular weight excluding hydrogens is 496 g/mol. The Morgan fingerprint density at radius 2 is 1.07 bits per heavy atom. The summed E-state index contributed by atoms with van der Waals surface area (Å²) in [4.78, 5) is 4.85. The van der Waals surface area contributed by atoms with E-state index in [0.29, 0.717) is 0 Å². The first kappa shape index (κ1) is 35.2. The number of nitrogens with zero attached hydrogens (tertiary/aromatic N) is 2. The van der Waals surface area contributed by atoms with Crippen molar-refractivity contribution in [2.24, 2.45) is 0 Å². The fraction of sp³-hybridized carbons (Fsp3) is 1.00. The number of hydrogen-bond donors (Lipinski definition) is 3. The van der Waals surface area contributed by atoms with E-state index in [2.05, 4.69) is 39.8 Å². The molecule has 0 aromatic rings. The summed E-state index contributed by atoms with van der Waals surface area (Å²) in [5, 5.41) is 10.5. The number of halogens is 2. The Morgan fingerprint density at radius 1 is 0.667 bits per heavy atom. The summed E-state index contributed by atoms with van der Waals surface area (Å²) in [6.07, 6.45) is 2.46. The molecule has 1 fully saturated rings. The molecule has 13 nitrogen and oxygen atoms in total. The van der Waals surface area contributed by atoms with Crippen LogP contribution in [0, 0.1) is 20.5 Å². The van der Waals surface area contributed by atoms with Gasteiger partial charge in [0.2, 0.25) is 0 Å². The number of rotatable bonds is 3. The maximum Gasteiger partial charge on any atom is 2.00 e. The molecule has 0 atom stereocenters. The standard InChI is InChI=1S/C14H33N5.2ClHO4.Ni/c1-18(2)13-14-19-11-4-7-16-9-8-15-5-3-6-17-10-12-19;2*2-1(3,4)5;/h15-17H,3-14H2,1-2H3;2*(H,2,3,4,5);/q;;;+2/p-2. The third-order valence-electron chi connectivity index (χ3n) is 3.48. The summed E-state index contributed by atoms with van der Waals surface area (Å²) in [5.41, 5.74) is 0. The largest absolute Gasteiger partial charge is 2.00 e.